The molecule has 1 saturated carbocycles. The second kappa shape index (κ2) is 9.25. The van der Waals surface area contributed by atoms with Crippen molar-refractivity contribution >= 4 is 5.91 Å². The molecule has 1 atom stereocenters. The topological polar surface area (TPSA) is 69.5 Å². The molecule has 0 N–H and O–H groups in total. The van der Waals surface area contributed by atoms with Crippen molar-refractivity contribution in [2.75, 3.05) is 20.3 Å². The molecule has 7 nitrogen and oxygen atoms in total. The quantitative estimate of drug-likeness (QED) is 0.601. The third-order valence-electron chi connectivity index (χ3n) is 6.44. The summed E-state index contributed by atoms with van der Waals surface area (Å²) in [6.45, 7) is 3.71. The van der Waals surface area contributed by atoms with E-state index in [1.165, 1.54) is 5.56 Å². The fourth-order valence-corrected chi connectivity index (χ4v) is 4.42. The third kappa shape index (κ3) is 4.58. The smallest absolute Gasteiger partial charge is 0.226 e. The van der Waals surface area contributed by atoms with Crippen LogP contribution in [0.3, 0.4) is 0 Å². The number of rotatable bonds is 3. The molecular weight excluding hydrogens is 416 g/mol. The summed E-state index contributed by atoms with van der Waals surface area (Å²) in [4.78, 5) is 20.1. The third-order valence-corrected chi connectivity index (χ3v) is 6.44. The summed E-state index contributed by atoms with van der Waals surface area (Å²) in [5, 5.41) is 4.81. The standard InChI is InChI=1S/C26H30N4O3/c1-18-25-27-24(20-8-4-3-5-9-20)28-30(25)15-16-33-23-17-19(10-13-22(23)32-2)7-6-14-29(18)26(31)21-11-12-21/h3-5,8-10,13,17-18,21H,6-7,11-12,14-16H2,1-2H3/t18-/m1/s1. The van der Waals surface area contributed by atoms with E-state index < -0.39 is 0 Å². The summed E-state index contributed by atoms with van der Waals surface area (Å²) in [5.74, 6) is 3.31. The predicted molar refractivity (Wildman–Crippen MR) is 125 cm³/mol. The highest BCUT2D eigenvalue weighted by atomic mass is 16.5. The summed E-state index contributed by atoms with van der Waals surface area (Å²) < 4.78 is 13.5. The Labute approximate surface area is 194 Å². The first kappa shape index (κ1) is 21.5. The number of nitrogens with zero attached hydrogens (tertiary/aromatic N) is 4. The lowest BCUT2D eigenvalue weighted by Crippen LogP contribution is -2.37. The van der Waals surface area contributed by atoms with Gasteiger partial charge in [-0.25, -0.2) is 9.67 Å². The van der Waals surface area contributed by atoms with E-state index in [4.69, 9.17) is 19.6 Å². The predicted octanol–water partition coefficient (Wildman–Crippen LogP) is 4.28. The molecule has 0 radical (unpaired) electrons. The van der Waals surface area contributed by atoms with Crippen molar-refractivity contribution in [3.05, 3.63) is 59.9 Å². The van der Waals surface area contributed by atoms with Crippen molar-refractivity contribution in [3.8, 4) is 22.9 Å². The van der Waals surface area contributed by atoms with Gasteiger partial charge in [0.2, 0.25) is 5.91 Å². The lowest BCUT2D eigenvalue weighted by molar-refractivity contribution is -0.135. The van der Waals surface area contributed by atoms with E-state index in [9.17, 15) is 4.79 Å². The Kier molecular flexibility index (Phi) is 6.03. The van der Waals surface area contributed by atoms with E-state index in [0.717, 1.165) is 48.6 Å². The van der Waals surface area contributed by atoms with Crippen molar-refractivity contribution < 1.29 is 14.3 Å². The molecule has 2 aliphatic rings. The van der Waals surface area contributed by atoms with E-state index in [-0.39, 0.29) is 17.9 Å². The number of fused-ring (bicyclic) bond motifs is 3. The zero-order chi connectivity index (χ0) is 22.8. The molecule has 7 heteroatoms. The molecule has 172 valence electrons. The Hall–Kier alpha value is -3.35. The van der Waals surface area contributed by atoms with Gasteiger partial charge in [-0.2, -0.15) is 5.10 Å². The number of benzene rings is 2. The number of ether oxygens (including phenoxy) is 2. The second-order valence-electron chi connectivity index (χ2n) is 8.80. The fraction of sp³-hybridized carbons (Fsp3) is 0.423. The lowest BCUT2D eigenvalue weighted by atomic mass is 10.1. The van der Waals surface area contributed by atoms with Crippen molar-refractivity contribution in [2.45, 2.75) is 45.2 Å². The highest BCUT2D eigenvalue weighted by molar-refractivity contribution is 5.81. The number of carbonyl (C=O) groups excluding carboxylic acids is 1. The van der Waals surface area contributed by atoms with Gasteiger partial charge in [-0.15, -0.1) is 0 Å². The van der Waals surface area contributed by atoms with Gasteiger partial charge in [-0.1, -0.05) is 36.4 Å². The van der Waals surface area contributed by atoms with E-state index >= 15 is 0 Å². The average molecular weight is 447 g/mol. The monoisotopic (exact) mass is 446 g/mol. The number of amides is 1. The number of hydrogen-bond donors (Lipinski definition) is 0. The zero-order valence-corrected chi connectivity index (χ0v) is 19.2. The van der Waals surface area contributed by atoms with Gasteiger partial charge in [-0.3, -0.25) is 4.79 Å². The molecule has 33 heavy (non-hydrogen) atoms. The molecule has 0 saturated heterocycles. The summed E-state index contributed by atoms with van der Waals surface area (Å²) in [6, 6.07) is 15.9. The number of carbonyl (C=O) groups is 1. The Bertz CT molecular complexity index is 1120. The molecule has 1 aromatic heterocycles. The summed E-state index contributed by atoms with van der Waals surface area (Å²) in [5.41, 5.74) is 2.14. The van der Waals surface area contributed by atoms with Crippen LogP contribution in [0.4, 0.5) is 0 Å². The average Bonchev–Trinajstić information content (AvgIpc) is 3.61. The van der Waals surface area contributed by atoms with E-state index in [2.05, 4.69) is 13.0 Å². The van der Waals surface area contributed by atoms with Gasteiger partial charge in [0.05, 0.1) is 19.7 Å². The maximum Gasteiger partial charge on any atom is 0.226 e. The Balaban J connectivity index is 1.52. The minimum absolute atomic E-state index is 0.157. The van der Waals surface area contributed by atoms with Crippen LogP contribution in [0, 0.1) is 5.92 Å². The molecular formula is C26H30N4O3. The molecule has 5 rings (SSSR count). The fourth-order valence-electron chi connectivity index (χ4n) is 4.42. The van der Waals surface area contributed by atoms with Crippen LogP contribution in [0.1, 0.15) is 43.6 Å². The number of aromatic nitrogens is 3. The van der Waals surface area contributed by atoms with Crippen molar-refractivity contribution in [3.63, 3.8) is 0 Å². The van der Waals surface area contributed by atoms with Gasteiger partial charge in [-0.05, 0) is 50.3 Å². The van der Waals surface area contributed by atoms with Crippen LogP contribution in [-0.2, 0) is 17.8 Å². The van der Waals surface area contributed by atoms with E-state index in [0.29, 0.717) is 25.5 Å². The summed E-state index contributed by atoms with van der Waals surface area (Å²) in [6.07, 6.45) is 3.71. The van der Waals surface area contributed by atoms with Crippen LogP contribution < -0.4 is 9.47 Å². The molecule has 2 aromatic carbocycles. The lowest BCUT2D eigenvalue weighted by Gasteiger charge is -2.29. The first-order chi connectivity index (χ1) is 16.1. The van der Waals surface area contributed by atoms with Gasteiger partial charge < -0.3 is 14.4 Å². The molecule has 1 amide bonds. The van der Waals surface area contributed by atoms with E-state index in [1.54, 1.807) is 7.11 Å². The highest BCUT2D eigenvalue weighted by Gasteiger charge is 2.36. The number of aryl methyl sites for hydroxylation is 1. The van der Waals surface area contributed by atoms with Crippen LogP contribution in [0.2, 0.25) is 0 Å². The van der Waals surface area contributed by atoms with Gasteiger partial charge >= 0.3 is 0 Å². The minimum Gasteiger partial charge on any atom is -0.493 e. The molecule has 0 spiro atoms. The number of hydrogen-bond acceptors (Lipinski definition) is 5. The van der Waals surface area contributed by atoms with Crippen LogP contribution in [0.25, 0.3) is 11.4 Å². The van der Waals surface area contributed by atoms with Crippen molar-refractivity contribution in [2.24, 2.45) is 5.92 Å². The molecule has 0 unspecified atom stereocenters. The maximum atomic E-state index is 13.2. The largest absolute Gasteiger partial charge is 0.493 e. The van der Waals surface area contributed by atoms with E-state index in [1.807, 2.05) is 52.0 Å². The Morgan fingerprint density at radius 2 is 1.94 bits per heavy atom. The molecule has 1 aliphatic carbocycles. The molecule has 1 aliphatic heterocycles. The van der Waals surface area contributed by atoms with Gasteiger partial charge in [0.15, 0.2) is 17.3 Å². The molecule has 1 fully saturated rings. The van der Waals surface area contributed by atoms with Crippen LogP contribution in [0.5, 0.6) is 11.5 Å². The SMILES string of the molecule is COc1ccc2cc1OCCn1nc(-c3ccccc3)nc1[C@@H](C)N(C(=O)C1CC1)CCC2. The molecule has 3 aromatic rings. The maximum absolute atomic E-state index is 13.2. The van der Waals surface area contributed by atoms with Crippen LogP contribution in [-0.4, -0.2) is 45.8 Å². The van der Waals surface area contributed by atoms with Crippen molar-refractivity contribution in [1.29, 1.82) is 0 Å². The molecule has 2 bridgehead atoms. The normalized spacial score (nSPS) is 18.8. The van der Waals surface area contributed by atoms with Crippen molar-refractivity contribution in [1.82, 2.24) is 19.7 Å². The Morgan fingerprint density at radius 1 is 1.12 bits per heavy atom. The Morgan fingerprint density at radius 3 is 2.70 bits per heavy atom. The van der Waals surface area contributed by atoms with Gasteiger partial charge in [0.25, 0.3) is 0 Å². The summed E-state index contributed by atoms with van der Waals surface area (Å²) in [7, 11) is 1.65. The first-order valence-electron chi connectivity index (χ1n) is 11.7. The van der Waals surface area contributed by atoms with Crippen LogP contribution in [0.15, 0.2) is 48.5 Å². The van der Waals surface area contributed by atoms with Gasteiger partial charge in [0, 0.05) is 18.0 Å². The van der Waals surface area contributed by atoms with Gasteiger partial charge in [0.1, 0.15) is 12.4 Å². The number of methoxy groups -OCH3 is 1. The highest BCUT2D eigenvalue weighted by Crippen LogP contribution is 2.35. The minimum atomic E-state index is -0.165. The second-order valence-corrected chi connectivity index (χ2v) is 8.80. The zero-order valence-electron chi connectivity index (χ0n) is 19.2. The molecule has 2 heterocycles. The first-order valence-corrected chi connectivity index (χ1v) is 11.7. The van der Waals surface area contributed by atoms with Crippen LogP contribution >= 0.6 is 0 Å². The summed E-state index contributed by atoms with van der Waals surface area (Å²) >= 11 is 0.